The van der Waals surface area contributed by atoms with Crippen LogP contribution in [0.25, 0.3) is 72.1 Å². The highest BCUT2D eigenvalue weighted by atomic mass is 16.3. The van der Waals surface area contributed by atoms with E-state index in [1.165, 1.54) is 38.7 Å². The van der Waals surface area contributed by atoms with Gasteiger partial charge in [0.1, 0.15) is 11.4 Å². The van der Waals surface area contributed by atoms with Crippen LogP contribution in [-0.4, -0.2) is 19.5 Å². The van der Waals surface area contributed by atoms with E-state index in [0.717, 1.165) is 50.2 Å². The average molecular weight is 601 g/mol. The molecule has 0 spiro atoms. The highest BCUT2D eigenvalue weighted by molar-refractivity contribution is 6.11. The van der Waals surface area contributed by atoms with Gasteiger partial charge in [-0.05, 0) is 101 Å². The van der Waals surface area contributed by atoms with Crippen molar-refractivity contribution in [3.8, 4) is 28.2 Å². The lowest BCUT2D eigenvalue weighted by atomic mass is 9.87. The van der Waals surface area contributed by atoms with E-state index in [9.17, 15) is 0 Å². The molecule has 5 nitrogen and oxygen atoms in total. The number of pyridine rings is 2. The summed E-state index contributed by atoms with van der Waals surface area (Å²) in [6.07, 6.45) is 1.86. The Bertz CT molecular complexity index is 2430. The Morgan fingerprint density at radius 3 is 2.22 bits per heavy atom. The number of furan rings is 1. The van der Waals surface area contributed by atoms with Gasteiger partial charge >= 0.3 is 0 Å². The fourth-order valence-electron chi connectivity index (χ4n) is 6.92. The molecule has 4 aromatic carbocycles. The summed E-state index contributed by atoms with van der Waals surface area (Å²) >= 11 is 0. The van der Waals surface area contributed by atoms with Gasteiger partial charge in [0.05, 0.1) is 22.4 Å². The minimum Gasteiger partial charge on any atom is -0.438 e. The van der Waals surface area contributed by atoms with Crippen LogP contribution in [0.1, 0.15) is 62.0 Å². The molecule has 0 aliphatic carbocycles. The molecular weight excluding hydrogens is 564 g/mol. The van der Waals surface area contributed by atoms with Crippen LogP contribution in [0.15, 0.2) is 102 Å². The number of rotatable bonds is 5. The van der Waals surface area contributed by atoms with Crippen molar-refractivity contribution in [1.29, 1.82) is 0 Å². The number of hydrogen-bond donors (Lipinski definition) is 0. The molecule has 0 saturated carbocycles. The van der Waals surface area contributed by atoms with E-state index in [-0.39, 0.29) is 11.8 Å². The van der Waals surface area contributed by atoms with Gasteiger partial charge in [-0.2, -0.15) is 0 Å². The van der Waals surface area contributed by atoms with Crippen LogP contribution in [-0.2, 0) is 0 Å². The normalized spacial score (nSPS) is 12.1. The summed E-state index contributed by atoms with van der Waals surface area (Å²) in [4.78, 5) is 14.8. The van der Waals surface area contributed by atoms with Crippen molar-refractivity contribution in [2.75, 3.05) is 0 Å². The monoisotopic (exact) mass is 600 g/mol. The maximum Gasteiger partial charge on any atom is 0.227 e. The van der Waals surface area contributed by atoms with Gasteiger partial charge in [-0.15, -0.1) is 0 Å². The molecule has 0 radical (unpaired) electrons. The van der Waals surface area contributed by atoms with Crippen molar-refractivity contribution >= 4 is 43.9 Å². The van der Waals surface area contributed by atoms with Crippen LogP contribution in [0.3, 0.4) is 0 Å². The number of fused-ring (bicyclic) bond motifs is 5. The van der Waals surface area contributed by atoms with E-state index in [1.807, 2.05) is 31.3 Å². The Balaban J connectivity index is 1.47. The SMILES string of the molecule is Cc1ccc2c(n1)oc1cccc(-c3nc4ccnc(C)c4n3-c3c(C(C)C)cc(-c4ccc5ccccc5c4)cc3C(C)C)c12. The summed E-state index contributed by atoms with van der Waals surface area (Å²) in [5.41, 5.74) is 12.5. The predicted molar refractivity (Wildman–Crippen MR) is 190 cm³/mol. The lowest BCUT2D eigenvalue weighted by molar-refractivity contribution is 0.652. The van der Waals surface area contributed by atoms with E-state index < -0.39 is 0 Å². The van der Waals surface area contributed by atoms with Crippen molar-refractivity contribution in [2.45, 2.75) is 53.4 Å². The van der Waals surface area contributed by atoms with E-state index in [0.29, 0.717) is 5.71 Å². The molecule has 0 N–H and O–H groups in total. The Morgan fingerprint density at radius 1 is 0.696 bits per heavy atom. The Labute approximate surface area is 268 Å². The van der Waals surface area contributed by atoms with E-state index in [2.05, 4.69) is 112 Å². The van der Waals surface area contributed by atoms with Gasteiger partial charge in [-0.3, -0.25) is 9.55 Å². The molecule has 226 valence electrons. The van der Waals surface area contributed by atoms with Crippen LogP contribution < -0.4 is 0 Å². The molecule has 0 saturated heterocycles. The largest absolute Gasteiger partial charge is 0.438 e. The molecule has 5 heteroatoms. The zero-order chi connectivity index (χ0) is 31.7. The molecular formula is C41H36N4O. The third-order valence-electron chi connectivity index (χ3n) is 9.21. The summed E-state index contributed by atoms with van der Waals surface area (Å²) in [5, 5.41) is 4.51. The highest BCUT2D eigenvalue weighted by Gasteiger charge is 2.26. The van der Waals surface area contributed by atoms with E-state index >= 15 is 0 Å². The maximum absolute atomic E-state index is 6.30. The molecule has 0 atom stereocenters. The van der Waals surface area contributed by atoms with Gasteiger partial charge in [0.25, 0.3) is 0 Å². The van der Waals surface area contributed by atoms with Gasteiger partial charge in [-0.1, -0.05) is 76.2 Å². The molecule has 4 heterocycles. The van der Waals surface area contributed by atoms with Crippen LogP contribution in [0, 0.1) is 13.8 Å². The first-order valence-corrected chi connectivity index (χ1v) is 16.1. The number of hydrogen-bond acceptors (Lipinski definition) is 4. The van der Waals surface area contributed by atoms with E-state index in [1.54, 1.807) is 0 Å². The molecule has 8 aromatic rings. The Morgan fingerprint density at radius 2 is 1.46 bits per heavy atom. The van der Waals surface area contributed by atoms with Crippen molar-refractivity contribution in [3.05, 3.63) is 120 Å². The summed E-state index contributed by atoms with van der Waals surface area (Å²) in [7, 11) is 0. The second kappa shape index (κ2) is 10.7. The third kappa shape index (κ3) is 4.41. The highest BCUT2D eigenvalue weighted by Crippen LogP contribution is 2.43. The lowest BCUT2D eigenvalue weighted by Crippen LogP contribution is -2.10. The number of aryl methyl sites for hydroxylation is 2. The zero-order valence-electron chi connectivity index (χ0n) is 27.1. The standard InChI is InChI=1S/C41H36N4O/c1-23(2)33-21-30(29-16-15-27-10-7-8-11-28(27)20-29)22-34(24(3)4)39(33)45-38-26(6)42-19-18-35(38)44-40(45)31-12-9-13-36-37(31)32-17-14-25(5)43-41(32)46-36/h7-24H,1-6H3. The summed E-state index contributed by atoms with van der Waals surface area (Å²) < 4.78 is 8.67. The van der Waals surface area contributed by atoms with Crippen molar-refractivity contribution < 1.29 is 4.42 Å². The topological polar surface area (TPSA) is 56.7 Å². The van der Waals surface area contributed by atoms with Gasteiger partial charge in [0, 0.05) is 28.2 Å². The second-order valence-electron chi connectivity index (χ2n) is 13.0. The first-order valence-electron chi connectivity index (χ1n) is 16.1. The average Bonchev–Trinajstić information content (AvgIpc) is 3.62. The number of aromatic nitrogens is 4. The molecule has 0 bridgehead atoms. The Kier molecular flexibility index (Phi) is 6.54. The first-order chi connectivity index (χ1) is 22.3. The lowest BCUT2D eigenvalue weighted by Gasteiger charge is -2.25. The third-order valence-corrected chi connectivity index (χ3v) is 9.21. The van der Waals surface area contributed by atoms with Crippen molar-refractivity contribution in [3.63, 3.8) is 0 Å². The molecule has 8 rings (SSSR count). The zero-order valence-corrected chi connectivity index (χ0v) is 27.1. The summed E-state index contributed by atoms with van der Waals surface area (Å²) in [6, 6.07) is 32.5. The van der Waals surface area contributed by atoms with E-state index in [4.69, 9.17) is 19.4 Å². The van der Waals surface area contributed by atoms with Gasteiger partial charge in [0.15, 0.2) is 0 Å². The van der Waals surface area contributed by atoms with Crippen LogP contribution in [0.4, 0.5) is 0 Å². The summed E-state index contributed by atoms with van der Waals surface area (Å²) in [5.74, 6) is 1.39. The van der Waals surface area contributed by atoms with Crippen LogP contribution in [0.2, 0.25) is 0 Å². The smallest absolute Gasteiger partial charge is 0.227 e. The second-order valence-corrected chi connectivity index (χ2v) is 13.0. The first kappa shape index (κ1) is 28.2. The minimum absolute atomic E-state index is 0.257. The Hall–Kier alpha value is -5.29. The molecule has 0 aliphatic rings. The maximum atomic E-state index is 6.30. The van der Waals surface area contributed by atoms with Crippen molar-refractivity contribution in [1.82, 2.24) is 19.5 Å². The minimum atomic E-state index is 0.257. The number of benzene rings is 4. The fraction of sp³-hybridized carbons (Fsp3) is 0.195. The molecule has 0 amide bonds. The molecule has 0 fully saturated rings. The molecule has 4 aromatic heterocycles. The molecule has 46 heavy (non-hydrogen) atoms. The molecule has 0 unspecified atom stereocenters. The summed E-state index contributed by atoms with van der Waals surface area (Å²) in [6.45, 7) is 13.2. The van der Waals surface area contributed by atoms with Gasteiger partial charge < -0.3 is 4.42 Å². The number of imidazole rings is 1. The number of nitrogens with zero attached hydrogens (tertiary/aromatic N) is 4. The van der Waals surface area contributed by atoms with Crippen molar-refractivity contribution in [2.24, 2.45) is 0 Å². The van der Waals surface area contributed by atoms with Gasteiger partial charge in [0.2, 0.25) is 5.71 Å². The molecule has 0 aliphatic heterocycles. The predicted octanol–water partition coefficient (Wildman–Crippen LogP) is 11.1. The fourth-order valence-corrected chi connectivity index (χ4v) is 6.92. The van der Waals surface area contributed by atoms with Crippen LogP contribution in [0.5, 0.6) is 0 Å². The quantitative estimate of drug-likeness (QED) is 0.197. The van der Waals surface area contributed by atoms with Crippen LogP contribution >= 0.6 is 0 Å². The van der Waals surface area contributed by atoms with Gasteiger partial charge in [-0.25, -0.2) is 9.97 Å².